The number of hydrogen-bond acceptors (Lipinski definition) is 7. The summed E-state index contributed by atoms with van der Waals surface area (Å²) in [6, 6.07) is 9.75. The van der Waals surface area contributed by atoms with Gasteiger partial charge in [-0.05, 0) is 37.6 Å². The lowest BCUT2D eigenvalue weighted by Crippen LogP contribution is -2.15. The molecule has 9 heteroatoms. The molecule has 0 bridgehead atoms. The van der Waals surface area contributed by atoms with Crippen molar-refractivity contribution in [3.05, 3.63) is 60.3 Å². The number of amides is 1. The highest BCUT2D eigenvalue weighted by atomic mass is 32.2. The quantitative estimate of drug-likeness (QED) is 0.314. The first-order chi connectivity index (χ1) is 15.0. The number of allylic oxidation sites excluding steroid dienone is 1. The number of hydrogen-bond donors (Lipinski definition) is 2. The number of nitrogens with zero attached hydrogens (tertiary/aromatic N) is 4. The van der Waals surface area contributed by atoms with Crippen LogP contribution < -0.4 is 11.1 Å². The number of nitrogens with one attached hydrogen (secondary N) is 1. The number of aromatic nitrogens is 4. The summed E-state index contributed by atoms with van der Waals surface area (Å²) in [6.07, 6.45) is 3.51. The largest absolute Gasteiger partial charge is 0.397 e. The number of thioether (sulfide) groups is 1. The van der Waals surface area contributed by atoms with Gasteiger partial charge >= 0.3 is 0 Å². The number of nitrogens with two attached hydrogens (primary N) is 1. The van der Waals surface area contributed by atoms with E-state index in [9.17, 15) is 4.79 Å². The summed E-state index contributed by atoms with van der Waals surface area (Å²) in [5, 5.41) is 13.2. The van der Waals surface area contributed by atoms with Crippen molar-refractivity contribution < 1.29 is 4.79 Å². The molecule has 0 saturated carbocycles. The number of pyridine rings is 1. The average molecular weight is 451 g/mol. The molecule has 0 aliphatic heterocycles. The fraction of sp³-hybridized carbons (Fsp3) is 0.182. The molecule has 158 valence electrons. The maximum absolute atomic E-state index is 12.5. The number of aryl methyl sites for hydroxylation is 2. The van der Waals surface area contributed by atoms with Gasteiger partial charge in [0.25, 0.3) is 0 Å². The maximum Gasteiger partial charge on any atom is 0.234 e. The molecular formula is C22H22N6OS2. The van der Waals surface area contributed by atoms with E-state index in [1.54, 1.807) is 12.3 Å². The molecular weight excluding hydrogens is 428 g/mol. The first-order valence-electron chi connectivity index (χ1n) is 9.65. The van der Waals surface area contributed by atoms with Crippen LogP contribution in [0.5, 0.6) is 0 Å². The van der Waals surface area contributed by atoms with E-state index in [2.05, 4.69) is 27.1 Å². The Morgan fingerprint density at radius 2 is 2.16 bits per heavy atom. The van der Waals surface area contributed by atoms with Crippen molar-refractivity contribution in [3.8, 4) is 10.7 Å². The second-order valence-corrected chi connectivity index (χ2v) is 9.00. The fourth-order valence-electron chi connectivity index (χ4n) is 3.24. The molecule has 0 fully saturated rings. The van der Waals surface area contributed by atoms with E-state index < -0.39 is 0 Å². The monoisotopic (exact) mass is 450 g/mol. The molecule has 0 atom stereocenters. The third-order valence-corrected chi connectivity index (χ3v) is 6.82. The number of rotatable bonds is 7. The molecule has 1 amide bonds. The number of anilines is 2. The SMILES string of the molecule is C=CCn1c(SCC(=O)Nc2ccc(C)cc2C)nnc1-c1sc2ncccc2c1N. The number of fused-ring (bicyclic) bond motifs is 1. The van der Waals surface area contributed by atoms with Crippen LogP contribution in [-0.2, 0) is 11.3 Å². The Hall–Kier alpha value is -3.17. The smallest absolute Gasteiger partial charge is 0.234 e. The molecule has 4 rings (SSSR count). The van der Waals surface area contributed by atoms with E-state index in [1.807, 2.05) is 48.7 Å². The van der Waals surface area contributed by atoms with Gasteiger partial charge < -0.3 is 11.1 Å². The van der Waals surface area contributed by atoms with Crippen LogP contribution in [0, 0.1) is 13.8 Å². The number of carbonyl (C=O) groups is 1. The molecule has 1 aromatic carbocycles. The van der Waals surface area contributed by atoms with Crippen molar-refractivity contribution in [2.24, 2.45) is 0 Å². The van der Waals surface area contributed by atoms with Crippen molar-refractivity contribution in [3.63, 3.8) is 0 Å². The topological polar surface area (TPSA) is 98.7 Å². The molecule has 3 N–H and O–H groups in total. The van der Waals surface area contributed by atoms with Crippen LogP contribution in [0.1, 0.15) is 11.1 Å². The van der Waals surface area contributed by atoms with Crippen LogP contribution in [0.25, 0.3) is 20.9 Å². The molecule has 0 unspecified atom stereocenters. The van der Waals surface area contributed by atoms with Crippen LogP contribution in [0.15, 0.2) is 54.3 Å². The normalized spacial score (nSPS) is 11.0. The Morgan fingerprint density at radius 1 is 1.32 bits per heavy atom. The summed E-state index contributed by atoms with van der Waals surface area (Å²) in [6.45, 7) is 8.35. The van der Waals surface area contributed by atoms with Crippen LogP contribution in [0.3, 0.4) is 0 Å². The Bertz CT molecular complexity index is 1280. The number of nitrogen functional groups attached to an aromatic ring is 1. The minimum Gasteiger partial charge on any atom is -0.397 e. The summed E-state index contributed by atoms with van der Waals surface area (Å²) in [4.78, 5) is 18.6. The predicted molar refractivity (Wildman–Crippen MR) is 129 cm³/mol. The van der Waals surface area contributed by atoms with Gasteiger partial charge in [0.2, 0.25) is 5.91 Å². The Labute approximate surface area is 188 Å². The Morgan fingerprint density at radius 3 is 2.90 bits per heavy atom. The highest BCUT2D eigenvalue weighted by molar-refractivity contribution is 7.99. The molecule has 0 spiro atoms. The standard InChI is InChI=1S/C22H22N6OS2/c1-4-10-28-20(19-18(23)15-6-5-9-24-21(15)31-19)26-27-22(28)30-12-17(29)25-16-8-7-13(2)11-14(16)3/h4-9,11H,1,10,12,23H2,2-3H3,(H,25,29). The maximum atomic E-state index is 12.5. The molecule has 0 aliphatic rings. The lowest BCUT2D eigenvalue weighted by atomic mass is 10.1. The summed E-state index contributed by atoms with van der Waals surface area (Å²) < 4.78 is 1.92. The van der Waals surface area contributed by atoms with E-state index in [4.69, 9.17) is 5.73 Å². The lowest BCUT2D eigenvalue weighted by molar-refractivity contribution is -0.113. The Balaban J connectivity index is 1.55. The summed E-state index contributed by atoms with van der Waals surface area (Å²) in [7, 11) is 0. The molecule has 0 aliphatic carbocycles. The Kier molecular flexibility index (Phi) is 6.06. The zero-order valence-electron chi connectivity index (χ0n) is 17.3. The highest BCUT2D eigenvalue weighted by Gasteiger charge is 2.20. The molecule has 0 saturated heterocycles. The van der Waals surface area contributed by atoms with Gasteiger partial charge in [0.1, 0.15) is 4.83 Å². The van der Waals surface area contributed by atoms with Crippen molar-refractivity contribution in [2.45, 2.75) is 25.5 Å². The second kappa shape index (κ2) is 8.91. The zero-order valence-corrected chi connectivity index (χ0v) is 18.9. The summed E-state index contributed by atoms with van der Waals surface area (Å²) in [5.74, 6) is 0.765. The third kappa shape index (κ3) is 4.33. The molecule has 3 aromatic heterocycles. The molecule has 31 heavy (non-hydrogen) atoms. The summed E-state index contributed by atoms with van der Waals surface area (Å²) in [5.41, 5.74) is 10.0. The average Bonchev–Trinajstić information content (AvgIpc) is 3.30. The molecule has 3 heterocycles. The van der Waals surface area contributed by atoms with Crippen LogP contribution in [0.2, 0.25) is 0 Å². The van der Waals surface area contributed by atoms with Gasteiger partial charge in [0.05, 0.1) is 16.3 Å². The van der Waals surface area contributed by atoms with E-state index in [0.29, 0.717) is 23.2 Å². The molecule has 7 nitrogen and oxygen atoms in total. The van der Waals surface area contributed by atoms with E-state index in [-0.39, 0.29) is 11.7 Å². The predicted octanol–water partition coefficient (Wildman–Crippen LogP) is 4.67. The minimum atomic E-state index is -0.0998. The van der Waals surface area contributed by atoms with Crippen molar-refractivity contribution in [2.75, 3.05) is 16.8 Å². The van der Waals surface area contributed by atoms with Crippen molar-refractivity contribution in [1.29, 1.82) is 0 Å². The van der Waals surface area contributed by atoms with Gasteiger partial charge in [0, 0.05) is 23.8 Å². The highest BCUT2D eigenvalue weighted by Crippen LogP contribution is 2.39. The lowest BCUT2D eigenvalue weighted by Gasteiger charge is -2.10. The first kappa shape index (κ1) is 21.1. The van der Waals surface area contributed by atoms with Gasteiger partial charge in [-0.15, -0.1) is 28.1 Å². The van der Waals surface area contributed by atoms with Crippen LogP contribution in [0.4, 0.5) is 11.4 Å². The molecule has 4 aromatic rings. The van der Waals surface area contributed by atoms with Gasteiger partial charge in [-0.2, -0.15) is 0 Å². The number of benzene rings is 1. The van der Waals surface area contributed by atoms with Gasteiger partial charge in [-0.1, -0.05) is 35.5 Å². The van der Waals surface area contributed by atoms with E-state index >= 15 is 0 Å². The van der Waals surface area contributed by atoms with E-state index in [0.717, 1.165) is 31.9 Å². The zero-order chi connectivity index (χ0) is 22.0. The van der Waals surface area contributed by atoms with Gasteiger partial charge in [-0.3, -0.25) is 9.36 Å². The van der Waals surface area contributed by atoms with Crippen molar-refractivity contribution >= 4 is 50.6 Å². The van der Waals surface area contributed by atoms with Crippen LogP contribution >= 0.6 is 23.1 Å². The molecule has 0 radical (unpaired) electrons. The van der Waals surface area contributed by atoms with E-state index in [1.165, 1.54) is 23.1 Å². The first-order valence-corrected chi connectivity index (χ1v) is 11.5. The van der Waals surface area contributed by atoms with Gasteiger partial charge in [0.15, 0.2) is 11.0 Å². The summed E-state index contributed by atoms with van der Waals surface area (Å²) >= 11 is 2.81. The van der Waals surface area contributed by atoms with Crippen molar-refractivity contribution in [1.82, 2.24) is 19.7 Å². The fourth-order valence-corrected chi connectivity index (χ4v) is 5.05. The number of thiophene rings is 1. The number of carbonyl (C=O) groups excluding carboxylic acids is 1. The minimum absolute atomic E-state index is 0.0998. The van der Waals surface area contributed by atoms with Gasteiger partial charge in [-0.25, -0.2) is 4.98 Å². The van der Waals surface area contributed by atoms with Crippen LogP contribution in [-0.4, -0.2) is 31.4 Å². The third-order valence-electron chi connectivity index (χ3n) is 4.72. The second-order valence-electron chi connectivity index (χ2n) is 7.06.